The molecule has 3 aliphatic rings. The molecule has 2 aromatic carbocycles. The molecule has 0 spiro atoms. The summed E-state index contributed by atoms with van der Waals surface area (Å²) in [5.41, 5.74) is 1.89. The molecule has 8 heteroatoms. The lowest BCUT2D eigenvalue weighted by Crippen LogP contribution is -2.57. The standard InChI is InChI=1S/C30H40O6Si2/c1-29(2,3)37(7,8)35-17-11-13-19-21(15-17)33-27(31)25-23(19)24-20-14-12-18(36-38(9,10)30(4,5)6)16-22(20)34-28(32)26(24)25/h11-16,23-26H,1-10H3/t23-,24+,25-,26+. The maximum Gasteiger partial charge on any atom is 0.315 e. The summed E-state index contributed by atoms with van der Waals surface area (Å²) in [6.07, 6.45) is 0. The van der Waals surface area contributed by atoms with Gasteiger partial charge in [-0.3, -0.25) is 9.59 Å². The van der Waals surface area contributed by atoms with Crippen LogP contribution in [0.3, 0.4) is 0 Å². The van der Waals surface area contributed by atoms with E-state index in [1.807, 2.05) is 36.4 Å². The first-order chi connectivity index (χ1) is 17.4. The van der Waals surface area contributed by atoms with E-state index in [4.69, 9.17) is 18.3 Å². The van der Waals surface area contributed by atoms with E-state index < -0.39 is 28.5 Å². The Morgan fingerprint density at radius 3 is 1.26 bits per heavy atom. The van der Waals surface area contributed by atoms with Crippen molar-refractivity contribution in [3.8, 4) is 23.0 Å². The fraction of sp³-hybridized carbons (Fsp3) is 0.533. The van der Waals surface area contributed by atoms with Gasteiger partial charge in [0.15, 0.2) is 0 Å². The highest BCUT2D eigenvalue weighted by Crippen LogP contribution is 2.65. The maximum absolute atomic E-state index is 13.1. The predicted octanol–water partition coefficient (Wildman–Crippen LogP) is 7.41. The summed E-state index contributed by atoms with van der Waals surface area (Å²) in [6, 6.07) is 11.6. The summed E-state index contributed by atoms with van der Waals surface area (Å²) in [7, 11) is -4.11. The average molecular weight is 553 g/mol. The topological polar surface area (TPSA) is 71.1 Å². The zero-order valence-corrected chi connectivity index (χ0v) is 26.2. The first-order valence-electron chi connectivity index (χ1n) is 13.5. The summed E-state index contributed by atoms with van der Waals surface area (Å²) >= 11 is 0. The number of rotatable bonds is 4. The molecule has 0 amide bonds. The van der Waals surface area contributed by atoms with Crippen molar-refractivity contribution in [1.82, 2.24) is 0 Å². The third-order valence-electron chi connectivity index (χ3n) is 9.56. The molecule has 1 fully saturated rings. The van der Waals surface area contributed by atoms with Crippen LogP contribution >= 0.6 is 0 Å². The SMILES string of the molecule is CC(C)(C)[Si](C)(C)Oc1ccc2c(c1)OC(=O)[C@@H]1[C@@H]3C(=O)Oc4cc(O[Si](C)(C)C(C)(C)C)ccc4[C@@H]3[C@H]21. The van der Waals surface area contributed by atoms with Gasteiger partial charge in [0.1, 0.15) is 23.0 Å². The highest BCUT2D eigenvalue weighted by Gasteiger charge is 2.64. The molecule has 0 aromatic heterocycles. The molecule has 6 nitrogen and oxygen atoms in total. The Hall–Kier alpha value is -2.59. The first-order valence-corrected chi connectivity index (χ1v) is 19.3. The quantitative estimate of drug-likeness (QED) is 0.223. The largest absolute Gasteiger partial charge is 0.543 e. The second-order valence-electron chi connectivity index (χ2n) is 14.1. The molecule has 2 aromatic rings. The molecule has 2 aliphatic heterocycles. The van der Waals surface area contributed by atoms with Crippen molar-refractivity contribution in [3.63, 3.8) is 0 Å². The molecular weight excluding hydrogens is 512 g/mol. The number of esters is 2. The average Bonchev–Trinajstić information content (AvgIpc) is 2.73. The first kappa shape index (κ1) is 27.0. The van der Waals surface area contributed by atoms with Crippen LogP contribution < -0.4 is 18.3 Å². The van der Waals surface area contributed by atoms with Crippen LogP contribution in [0.25, 0.3) is 0 Å². The lowest BCUT2D eigenvalue weighted by Gasteiger charge is -2.53. The molecule has 4 atom stereocenters. The Kier molecular flexibility index (Phi) is 6.01. The van der Waals surface area contributed by atoms with Crippen molar-refractivity contribution >= 4 is 28.6 Å². The highest BCUT2D eigenvalue weighted by atomic mass is 28.4. The molecular formula is C30H40O6Si2. The molecule has 0 unspecified atom stereocenters. The van der Waals surface area contributed by atoms with Crippen LogP contribution in [0.15, 0.2) is 36.4 Å². The van der Waals surface area contributed by atoms with E-state index in [0.717, 1.165) is 11.1 Å². The van der Waals surface area contributed by atoms with Crippen molar-refractivity contribution in [2.75, 3.05) is 0 Å². The smallest absolute Gasteiger partial charge is 0.315 e. The van der Waals surface area contributed by atoms with Crippen molar-refractivity contribution in [2.45, 2.75) is 89.6 Å². The van der Waals surface area contributed by atoms with Gasteiger partial charge in [-0.15, -0.1) is 0 Å². The van der Waals surface area contributed by atoms with Gasteiger partial charge >= 0.3 is 11.9 Å². The molecule has 0 radical (unpaired) electrons. The van der Waals surface area contributed by atoms with E-state index in [-0.39, 0.29) is 33.9 Å². The van der Waals surface area contributed by atoms with Crippen molar-refractivity contribution < 1.29 is 27.9 Å². The van der Waals surface area contributed by atoms with Crippen LogP contribution in [-0.2, 0) is 9.59 Å². The molecule has 0 saturated heterocycles. The van der Waals surface area contributed by atoms with Crippen LogP contribution in [0.5, 0.6) is 23.0 Å². The Morgan fingerprint density at radius 2 is 0.947 bits per heavy atom. The van der Waals surface area contributed by atoms with Gasteiger partial charge in [-0.2, -0.15) is 0 Å². The minimum Gasteiger partial charge on any atom is -0.543 e. The lowest BCUT2D eigenvalue weighted by molar-refractivity contribution is -0.165. The summed E-state index contributed by atoms with van der Waals surface area (Å²) in [4.78, 5) is 26.2. The number of carbonyl (C=O) groups excluding carboxylic acids is 2. The Morgan fingerprint density at radius 1 is 0.605 bits per heavy atom. The summed E-state index contributed by atoms with van der Waals surface area (Å²) in [5, 5.41) is 0.0936. The van der Waals surface area contributed by atoms with Crippen LogP contribution in [0, 0.1) is 11.8 Å². The minimum atomic E-state index is -2.05. The maximum atomic E-state index is 13.1. The van der Waals surface area contributed by atoms with Crippen LogP contribution in [0.1, 0.15) is 64.5 Å². The number of fused-ring (bicyclic) bond motifs is 8. The summed E-state index contributed by atoms with van der Waals surface area (Å²) < 4.78 is 24.5. The van der Waals surface area contributed by atoms with E-state index in [2.05, 4.69) is 67.7 Å². The van der Waals surface area contributed by atoms with Gasteiger partial charge in [0.05, 0.1) is 11.8 Å². The third kappa shape index (κ3) is 4.20. The summed E-state index contributed by atoms with van der Waals surface area (Å²) in [6.45, 7) is 21.9. The monoisotopic (exact) mass is 552 g/mol. The van der Waals surface area contributed by atoms with Crippen LogP contribution in [0.4, 0.5) is 0 Å². The van der Waals surface area contributed by atoms with Crippen molar-refractivity contribution in [1.29, 1.82) is 0 Å². The van der Waals surface area contributed by atoms with Gasteiger partial charge in [-0.1, -0.05) is 53.7 Å². The van der Waals surface area contributed by atoms with Gasteiger partial charge < -0.3 is 18.3 Å². The zero-order chi connectivity index (χ0) is 28.0. The predicted molar refractivity (Wildman–Crippen MR) is 152 cm³/mol. The number of hydrogen-bond acceptors (Lipinski definition) is 6. The van der Waals surface area contributed by atoms with Gasteiger partial charge in [-0.05, 0) is 59.5 Å². The van der Waals surface area contributed by atoms with Crippen molar-refractivity contribution in [2.24, 2.45) is 11.8 Å². The second kappa shape index (κ2) is 8.45. The molecule has 1 saturated carbocycles. The van der Waals surface area contributed by atoms with E-state index in [9.17, 15) is 9.59 Å². The van der Waals surface area contributed by atoms with E-state index in [0.29, 0.717) is 23.0 Å². The summed E-state index contributed by atoms with van der Waals surface area (Å²) in [5.74, 6) is 0.397. The second-order valence-corrected chi connectivity index (χ2v) is 23.5. The van der Waals surface area contributed by atoms with E-state index in [1.54, 1.807) is 0 Å². The highest BCUT2D eigenvalue weighted by molar-refractivity contribution is 6.75. The number of ether oxygens (including phenoxy) is 2. The van der Waals surface area contributed by atoms with Gasteiger partial charge in [0.2, 0.25) is 16.6 Å². The van der Waals surface area contributed by atoms with E-state index >= 15 is 0 Å². The van der Waals surface area contributed by atoms with Crippen LogP contribution in [-0.4, -0.2) is 28.6 Å². The minimum absolute atomic E-state index is 0.0468. The van der Waals surface area contributed by atoms with Gasteiger partial charge in [-0.25, -0.2) is 0 Å². The number of benzene rings is 2. The Bertz CT molecular complexity index is 1220. The molecule has 2 heterocycles. The Labute approximate surface area is 228 Å². The van der Waals surface area contributed by atoms with E-state index in [1.165, 1.54) is 0 Å². The van der Waals surface area contributed by atoms with Crippen molar-refractivity contribution in [3.05, 3.63) is 47.5 Å². The molecule has 0 bridgehead atoms. The molecule has 1 aliphatic carbocycles. The Balaban J connectivity index is 1.48. The fourth-order valence-electron chi connectivity index (χ4n) is 5.24. The number of carbonyl (C=O) groups is 2. The van der Waals surface area contributed by atoms with Gasteiger partial charge in [0, 0.05) is 24.0 Å². The molecule has 204 valence electrons. The third-order valence-corrected chi connectivity index (χ3v) is 18.3. The molecule has 5 rings (SSSR count). The van der Waals surface area contributed by atoms with Crippen LogP contribution in [0.2, 0.25) is 36.3 Å². The molecule has 38 heavy (non-hydrogen) atoms. The van der Waals surface area contributed by atoms with Gasteiger partial charge in [0.25, 0.3) is 0 Å². The zero-order valence-electron chi connectivity index (χ0n) is 24.2. The molecule has 0 N–H and O–H groups in total. The number of hydrogen-bond donors (Lipinski definition) is 0. The fourth-order valence-corrected chi connectivity index (χ4v) is 7.29. The lowest BCUT2D eigenvalue weighted by atomic mass is 9.51. The normalized spacial score (nSPS) is 24.6.